The molecule has 18 heavy (non-hydrogen) atoms. The van der Waals surface area contributed by atoms with Crippen molar-refractivity contribution in [1.29, 1.82) is 0 Å². The fourth-order valence-electron chi connectivity index (χ4n) is 0.758. The molecule has 0 aromatic rings. The highest BCUT2D eigenvalue weighted by Crippen LogP contribution is 2.46. The first kappa shape index (κ1) is 19.9. The zero-order chi connectivity index (χ0) is 14.2. The van der Waals surface area contributed by atoms with Crippen LogP contribution in [0.5, 0.6) is 0 Å². The van der Waals surface area contributed by atoms with Crippen LogP contribution in [0.1, 0.15) is 0 Å². The monoisotopic (exact) mass is 468 g/mol. The van der Waals surface area contributed by atoms with Crippen molar-refractivity contribution in [1.82, 2.24) is 0 Å². The maximum atomic E-state index is 11.7. The van der Waals surface area contributed by atoms with Crippen molar-refractivity contribution < 1.29 is 18.5 Å². The van der Waals surface area contributed by atoms with Gasteiger partial charge in [0.15, 0.2) is 0 Å². The van der Waals surface area contributed by atoms with Crippen molar-refractivity contribution in [3.05, 3.63) is 0 Å². The van der Waals surface area contributed by atoms with Crippen LogP contribution in [-0.2, 0) is 13.6 Å². The summed E-state index contributed by atoms with van der Waals surface area (Å²) in [5.41, 5.74) is -0.485. The largest absolute Gasteiger partial charge is 0.472 e. The highest BCUT2D eigenvalue weighted by atomic mass is 79.9. The standard InChI is InChI=1S/C8H14Br2Cl3O4P/c9-3-8(4-10,5-13)6-16-18(14,15)17-7(1-11)2-12/h7H,1-6H2,(H,14,15). The summed E-state index contributed by atoms with van der Waals surface area (Å²) in [7, 11) is -4.19. The number of phosphoric ester groups is 1. The van der Waals surface area contributed by atoms with E-state index in [1.165, 1.54) is 0 Å². The minimum absolute atomic E-state index is 0.00888. The van der Waals surface area contributed by atoms with E-state index in [-0.39, 0.29) is 24.2 Å². The van der Waals surface area contributed by atoms with Gasteiger partial charge in [-0.2, -0.15) is 0 Å². The van der Waals surface area contributed by atoms with Crippen LogP contribution in [0.2, 0.25) is 0 Å². The summed E-state index contributed by atoms with van der Waals surface area (Å²) in [6, 6.07) is 0. The molecule has 0 bridgehead atoms. The maximum Gasteiger partial charge on any atom is 0.472 e. The predicted molar refractivity (Wildman–Crippen MR) is 82.8 cm³/mol. The van der Waals surface area contributed by atoms with Gasteiger partial charge in [0.05, 0.1) is 24.5 Å². The topological polar surface area (TPSA) is 55.8 Å². The molecule has 1 N–H and O–H groups in total. The molecule has 0 rings (SSSR count). The van der Waals surface area contributed by atoms with E-state index in [4.69, 9.17) is 43.9 Å². The van der Waals surface area contributed by atoms with E-state index in [0.29, 0.717) is 10.7 Å². The number of halogens is 5. The van der Waals surface area contributed by atoms with Gasteiger partial charge < -0.3 is 4.89 Å². The summed E-state index contributed by atoms with van der Waals surface area (Å²) in [4.78, 5) is 9.52. The first-order chi connectivity index (χ1) is 8.38. The highest BCUT2D eigenvalue weighted by molar-refractivity contribution is 9.09. The third kappa shape index (κ3) is 7.09. The van der Waals surface area contributed by atoms with E-state index in [2.05, 4.69) is 31.9 Å². The molecule has 0 aliphatic rings. The summed E-state index contributed by atoms with van der Waals surface area (Å²) in [5.74, 6) is 0.280. The molecular formula is C8H14Br2Cl3O4P. The first-order valence-corrected chi connectivity index (χ1v) is 10.2. The van der Waals surface area contributed by atoms with Crippen molar-refractivity contribution in [3.63, 3.8) is 0 Å². The Balaban J connectivity index is 4.45. The minimum Gasteiger partial charge on any atom is -0.302 e. The Morgan fingerprint density at radius 2 is 1.72 bits per heavy atom. The number of hydrogen-bond donors (Lipinski definition) is 1. The van der Waals surface area contributed by atoms with Gasteiger partial charge in [-0.15, -0.1) is 34.8 Å². The van der Waals surface area contributed by atoms with Gasteiger partial charge >= 0.3 is 7.82 Å². The molecule has 0 aliphatic heterocycles. The number of phosphoric acid groups is 1. The van der Waals surface area contributed by atoms with E-state index in [9.17, 15) is 9.46 Å². The molecule has 0 saturated carbocycles. The van der Waals surface area contributed by atoms with E-state index in [0.717, 1.165) is 0 Å². The predicted octanol–water partition coefficient (Wildman–Crippen LogP) is 3.98. The van der Waals surface area contributed by atoms with Gasteiger partial charge in [0.2, 0.25) is 0 Å². The second kappa shape index (κ2) is 9.80. The van der Waals surface area contributed by atoms with E-state index < -0.39 is 19.3 Å². The van der Waals surface area contributed by atoms with Crippen LogP contribution in [0.25, 0.3) is 0 Å². The molecule has 0 heterocycles. The van der Waals surface area contributed by atoms with Crippen LogP contribution in [0.15, 0.2) is 0 Å². The zero-order valence-corrected chi connectivity index (χ0v) is 15.7. The molecule has 110 valence electrons. The highest BCUT2D eigenvalue weighted by Gasteiger charge is 2.33. The van der Waals surface area contributed by atoms with Gasteiger partial charge in [-0.05, 0) is 0 Å². The van der Waals surface area contributed by atoms with Crippen LogP contribution in [0.4, 0.5) is 0 Å². The van der Waals surface area contributed by atoms with E-state index in [1.807, 2.05) is 0 Å². The molecule has 0 fully saturated rings. The van der Waals surface area contributed by atoms with Gasteiger partial charge in [0.25, 0.3) is 0 Å². The van der Waals surface area contributed by atoms with Crippen molar-refractivity contribution in [3.8, 4) is 0 Å². The Hall–Kier alpha value is 1.94. The third-order valence-electron chi connectivity index (χ3n) is 2.01. The lowest BCUT2D eigenvalue weighted by molar-refractivity contribution is 0.0982. The van der Waals surface area contributed by atoms with Crippen molar-refractivity contribution in [2.45, 2.75) is 6.10 Å². The van der Waals surface area contributed by atoms with Crippen LogP contribution in [0.3, 0.4) is 0 Å². The second-order valence-electron chi connectivity index (χ2n) is 3.68. The van der Waals surface area contributed by atoms with Gasteiger partial charge in [-0.25, -0.2) is 4.57 Å². The smallest absolute Gasteiger partial charge is 0.302 e. The van der Waals surface area contributed by atoms with Crippen LogP contribution in [0, 0.1) is 5.41 Å². The lowest BCUT2D eigenvalue weighted by atomic mass is 9.98. The average molecular weight is 471 g/mol. The molecule has 4 nitrogen and oxygen atoms in total. The molecule has 0 aromatic carbocycles. The molecule has 1 atom stereocenters. The summed E-state index contributed by atoms with van der Waals surface area (Å²) in [6.45, 7) is -0.0297. The van der Waals surface area contributed by atoms with Crippen molar-refractivity contribution in [2.75, 3.05) is 34.9 Å². The SMILES string of the molecule is O=P(O)(OCC(CCl)(CBr)CBr)OC(CCl)CCl. The fraction of sp³-hybridized carbons (Fsp3) is 1.00. The van der Waals surface area contributed by atoms with Gasteiger partial charge in [-0.1, -0.05) is 31.9 Å². The molecule has 0 saturated heterocycles. The van der Waals surface area contributed by atoms with Crippen LogP contribution >= 0.6 is 74.5 Å². The quantitative estimate of drug-likeness (QED) is 0.387. The Bertz CT molecular complexity index is 269. The van der Waals surface area contributed by atoms with Crippen molar-refractivity contribution >= 4 is 74.5 Å². The third-order valence-corrected chi connectivity index (χ3v) is 6.67. The van der Waals surface area contributed by atoms with Crippen molar-refractivity contribution in [2.24, 2.45) is 5.41 Å². The maximum absolute atomic E-state index is 11.7. The Kier molecular flexibility index (Phi) is 10.9. The van der Waals surface area contributed by atoms with Gasteiger partial charge in [0.1, 0.15) is 0 Å². The number of hydrogen-bond acceptors (Lipinski definition) is 3. The fourth-order valence-corrected chi connectivity index (χ4v) is 4.78. The van der Waals surface area contributed by atoms with E-state index in [1.54, 1.807) is 0 Å². The Labute approximate surface area is 139 Å². The first-order valence-electron chi connectivity index (χ1n) is 4.84. The normalized spacial score (nSPS) is 15.9. The lowest BCUT2D eigenvalue weighted by Crippen LogP contribution is -2.32. The summed E-state index contributed by atoms with van der Waals surface area (Å²) in [5, 5.41) is 1.03. The molecule has 0 aromatic heterocycles. The lowest BCUT2D eigenvalue weighted by Gasteiger charge is -2.28. The Morgan fingerprint density at radius 3 is 2.06 bits per heavy atom. The zero-order valence-electron chi connectivity index (χ0n) is 9.33. The second-order valence-corrected chi connectivity index (χ2v) is 7.09. The summed E-state index contributed by atoms with van der Waals surface area (Å²) < 4.78 is 21.4. The molecule has 0 amide bonds. The molecule has 1 unspecified atom stereocenters. The molecule has 0 radical (unpaired) electrons. The van der Waals surface area contributed by atoms with Gasteiger partial charge in [0, 0.05) is 22.0 Å². The number of rotatable bonds is 10. The Morgan fingerprint density at radius 1 is 1.22 bits per heavy atom. The van der Waals surface area contributed by atoms with Crippen LogP contribution < -0.4 is 0 Å². The summed E-state index contributed by atoms with van der Waals surface area (Å²) >= 11 is 23.4. The molecule has 0 aliphatic carbocycles. The van der Waals surface area contributed by atoms with Crippen LogP contribution in [-0.4, -0.2) is 45.9 Å². The summed E-state index contributed by atoms with van der Waals surface area (Å²) in [6.07, 6.45) is -0.734. The average Bonchev–Trinajstić information content (AvgIpc) is 2.38. The molecule has 0 spiro atoms. The minimum atomic E-state index is -4.19. The van der Waals surface area contributed by atoms with Gasteiger partial charge in [-0.3, -0.25) is 9.05 Å². The number of alkyl halides is 5. The van der Waals surface area contributed by atoms with E-state index >= 15 is 0 Å². The molecule has 10 heteroatoms. The molecular weight excluding hydrogens is 457 g/mol.